The number of methoxy groups -OCH3 is 1. The van der Waals surface area contributed by atoms with Crippen LogP contribution in [-0.2, 0) is 24.4 Å². The van der Waals surface area contributed by atoms with Gasteiger partial charge in [-0.25, -0.2) is 0 Å². The van der Waals surface area contributed by atoms with E-state index in [1.807, 2.05) is 48.5 Å². The van der Waals surface area contributed by atoms with Gasteiger partial charge in [-0.15, -0.1) is 0 Å². The summed E-state index contributed by atoms with van der Waals surface area (Å²) in [5, 5.41) is 3.37. The first-order valence-corrected chi connectivity index (χ1v) is 10.7. The van der Waals surface area contributed by atoms with Crippen molar-refractivity contribution in [3.05, 3.63) is 82.4 Å². The monoisotopic (exact) mass is 453 g/mol. The van der Waals surface area contributed by atoms with Crippen molar-refractivity contribution >= 4 is 17.5 Å². The van der Waals surface area contributed by atoms with Gasteiger partial charge in [-0.05, 0) is 41.0 Å². The van der Waals surface area contributed by atoms with Gasteiger partial charge in [0.2, 0.25) is 5.91 Å². The number of fused-ring (bicyclic) bond motifs is 1. The highest BCUT2D eigenvalue weighted by atomic mass is 35.5. The molecular weight excluding hydrogens is 430 g/mol. The molecule has 1 N–H and O–H groups in total. The molecule has 0 saturated heterocycles. The maximum Gasteiger partial charge on any atom is 0.224 e. The summed E-state index contributed by atoms with van der Waals surface area (Å²) in [6, 6.07) is 19.1. The van der Waals surface area contributed by atoms with Gasteiger partial charge in [0.1, 0.15) is 19.8 Å². The third-order valence-electron chi connectivity index (χ3n) is 4.98. The number of halogens is 1. The number of benzene rings is 3. The fourth-order valence-electron chi connectivity index (χ4n) is 3.39. The molecule has 3 aromatic carbocycles. The highest BCUT2D eigenvalue weighted by Gasteiger charge is 2.17. The zero-order valence-electron chi connectivity index (χ0n) is 17.7. The Hall–Kier alpha value is -3.38. The van der Waals surface area contributed by atoms with E-state index in [2.05, 4.69) is 5.32 Å². The van der Waals surface area contributed by atoms with Crippen LogP contribution in [0.2, 0.25) is 5.02 Å². The highest BCUT2D eigenvalue weighted by Crippen LogP contribution is 2.38. The summed E-state index contributed by atoms with van der Waals surface area (Å²) in [5.74, 6) is 2.25. The molecule has 0 aromatic heterocycles. The molecule has 1 aliphatic rings. The summed E-state index contributed by atoms with van der Waals surface area (Å²) in [6.07, 6.45) is 0.186. The van der Waals surface area contributed by atoms with E-state index in [0.29, 0.717) is 54.4 Å². The molecule has 0 aliphatic carbocycles. The smallest absolute Gasteiger partial charge is 0.224 e. The molecule has 0 fully saturated rings. The van der Waals surface area contributed by atoms with Crippen molar-refractivity contribution in [3.8, 4) is 23.0 Å². The van der Waals surface area contributed by atoms with Crippen LogP contribution < -0.4 is 24.3 Å². The minimum Gasteiger partial charge on any atom is -0.493 e. The van der Waals surface area contributed by atoms with E-state index in [-0.39, 0.29) is 12.3 Å². The van der Waals surface area contributed by atoms with E-state index >= 15 is 0 Å². The van der Waals surface area contributed by atoms with E-state index in [1.165, 1.54) is 0 Å². The highest BCUT2D eigenvalue weighted by molar-refractivity contribution is 6.32. The lowest BCUT2D eigenvalue weighted by molar-refractivity contribution is -0.120. The molecule has 0 radical (unpaired) electrons. The van der Waals surface area contributed by atoms with Gasteiger partial charge in [0.15, 0.2) is 23.0 Å². The van der Waals surface area contributed by atoms with E-state index in [4.69, 9.17) is 30.5 Å². The van der Waals surface area contributed by atoms with Gasteiger partial charge in [-0.1, -0.05) is 48.0 Å². The lowest BCUT2D eigenvalue weighted by atomic mass is 10.1. The van der Waals surface area contributed by atoms with Gasteiger partial charge in [0, 0.05) is 6.54 Å². The van der Waals surface area contributed by atoms with Crippen LogP contribution in [0.5, 0.6) is 23.0 Å². The molecule has 166 valence electrons. The van der Waals surface area contributed by atoms with E-state index < -0.39 is 0 Å². The maximum atomic E-state index is 12.5. The zero-order chi connectivity index (χ0) is 22.3. The molecule has 0 atom stereocenters. The Labute approximate surface area is 192 Å². The molecule has 7 heteroatoms. The van der Waals surface area contributed by atoms with Crippen molar-refractivity contribution in [2.45, 2.75) is 19.6 Å². The average molecular weight is 454 g/mol. The molecule has 1 heterocycles. The summed E-state index contributed by atoms with van der Waals surface area (Å²) in [4.78, 5) is 12.5. The summed E-state index contributed by atoms with van der Waals surface area (Å²) >= 11 is 6.25. The molecule has 1 aliphatic heterocycles. The maximum absolute atomic E-state index is 12.5. The minimum absolute atomic E-state index is 0.124. The number of hydrogen-bond acceptors (Lipinski definition) is 5. The number of carbonyl (C=O) groups is 1. The first-order chi connectivity index (χ1) is 15.6. The zero-order valence-corrected chi connectivity index (χ0v) is 18.5. The predicted molar refractivity (Wildman–Crippen MR) is 122 cm³/mol. The van der Waals surface area contributed by atoms with E-state index in [1.54, 1.807) is 19.2 Å². The van der Waals surface area contributed by atoms with Gasteiger partial charge in [-0.3, -0.25) is 4.79 Å². The van der Waals surface area contributed by atoms with Crippen LogP contribution in [0.25, 0.3) is 0 Å². The molecule has 32 heavy (non-hydrogen) atoms. The van der Waals surface area contributed by atoms with Crippen molar-refractivity contribution in [2.75, 3.05) is 20.3 Å². The van der Waals surface area contributed by atoms with Crippen molar-refractivity contribution in [2.24, 2.45) is 0 Å². The number of amides is 1. The summed E-state index contributed by atoms with van der Waals surface area (Å²) in [7, 11) is 1.60. The Kier molecular flexibility index (Phi) is 7.02. The van der Waals surface area contributed by atoms with E-state index in [9.17, 15) is 4.79 Å². The van der Waals surface area contributed by atoms with Gasteiger partial charge in [0.05, 0.1) is 18.6 Å². The third kappa shape index (κ3) is 5.45. The largest absolute Gasteiger partial charge is 0.493 e. The first-order valence-electron chi connectivity index (χ1n) is 10.3. The fraction of sp³-hybridized carbons (Fsp3) is 0.240. The van der Waals surface area contributed by atoms with Crippen molar-refractivity contribution in [3.63, 3.8) is 0 Å². The third-order valence-corrected chi connectivity index (χ3v) is 5.26. The summed E-state index contributed by atoms with van der Waals surface area (Å²) < 4.78 is 22.4. The Morgan fingerprint density at radius 2 is 1.78 bits per heavy atom. The van der Waals surface area contributed by atoms with Gasteiger partial charge < -0.3 is 24.3 Å². The Morgan fingerprint density at radius 1 is 0.969 bits per heavy atom. The van der Waals surface area contributed by atoms with Crippen LogP contribution in [-0.4, -0.2) is 26.2 Å². The second kappa shape index (κ2) is 10.3. The second-order valence-corrected chi connectivity index (χ2v) is 7.72. The fourth-order valence-corrected chi connectivity index (χ4v) is 3.68. The predicted octanol–water partition coefficient (Wildman–Crippen LogP) is 4.56. The lowest BCUT2D eigenvalue weighted by Gasteiger charge is -2.20. The molecule has 0 spiro atoms. The lowest BCUT2D eigenvalue weighted by Crippen LogP contribution is -2.24. The van der Waals surface area contributed by atoms with Crippen LogP contribution in [0.15, 0.2) is 60.7 Å². The van der Waals surface area contributed by atoms with Crippen LogP contribution in [0.1, 0.15) is 16.7 Å². The van der Waals surface area contributed by atoms with Crippen molar-refractivity contribution < 1.29 is 23.7 Å². The molecule has 4 rings (SSSR count). The molecule has 0 saturated carbocycles. The topological polar surface area (TPSA) is 66.0 Å². The SMILES string of the molecule is COc1cc(CNC(=O)Cc2cc(Cl)c3c(c2)OCCO3)ccc1OCc1ccccc1. The van der Waals surface area contributed by atoms with E-state index in [0.717, 1.165) is 16.7 Å². The van der Waals surface area contributed by atoms with Crippen LogP contribution in [0.3, 0.4) is 0 Å². The van der Waals surface area contributed by atoms with Crippen LogP contribution in [0.4, 0.5) is 0 Å². The summed E-state index contributed by atoms with van der Waals surface area (Å²) in [6.45, 7) is 1.75. The number of carbonyl (C=O) groups excluding carboxylic acids is 1. The number of rotatable bonds is 8. The molecule has 6 nitrogen and oxygen atoms in total. The quantitative estimate of drug-likeness (QED) is 0.541. The summed E-state index contributed by atoms with van der Waals surface area (Å²) in [5.41, 5.74) is 2.74. The molecule has 3 aromatic rings. The van der Waals surface area contributed by atoms with Gasteiger partial charge in [0.25, 0.3) is 0 Å². The Bertz CT molecular complexity index is 1090. The molecule has 0 unspecified atom stereocenters. The molecular formula is C25H24ClNO5. The minimum atomic E-state index is -0.124. The van der Waals surface area contributed by atoms with Crippen LogP contribution >= 0.6 is 11.6 Å². The Balaban J connectivity index is 1.34. The normalized spacial score (nSPS) is 12.2. The molecule has 0 bridgehead atoms. The van der Waals surface area contributed by atoms with Crippen molar-refractivity contribution in [1.29, 1.82) is 0 Å². The molecule has 1 amide bonds. The number of hydrogen-bond donors (Lipinski definition) is 1. The Morgan fingerprint density at radius 3 is 2.59 bits per heavy atom. The first kappa shape index (κ1) is 21.8. The second-order valence-electron chi connectivity index (χ2n) is 7.31. The van der Waals surface area contributed by atoms with Gasteiger partial charge >= 0.3 is 0 Å². The number of nitrogens with one attached hydrogen (secondary N) is 1. The average Bonchev–Trinajstić information content (AvgIpc) is 2.82. The number of ether oxygens (including phenoxy) is 4. The van der Waals surface area contributed by atoms with Crippen LogP contribution in [0, 0.1) is 0 Å². The van der Waals surface area contributed by atoms with Crippen molar-refractivity contribution in [1.82, 2.24) is 5.32 Å². The van der Waals surface area contributed by atoms with Gasteiger partial charge in [-0.2, -0.15) is 0 Å². The standard InChI is InChI=1S/C25H24ClNO5/c1-29-22-12-18(7-8-21(22)32-16-17-5-3-2-4-6-17)15-27-24(28)14-19-11-20(26)25-23(13-19)30-9-10-31-25/h2-8,11-13H,9-10,14-16H2,1H3,(H,27,28).